The third kappa shape index (κ3) is 2.22. The standard InChI is InChI=1S/C13H16O3/c1-6-9(2)10-7-11(14-3)13(16-5)12(8-10)15-4/h1,7-9H,2-5H3. The van der Waals surface area contributed by atoms with Gasteiger partial charge in [-0.05, 0) is 24.6 Å². The Morgan fingerprint density at radius 3 is 1.88 bits per heavy atom. The molecule has 0 radical (unpaired) electrons. The molecule has 3 heteroatoms. The fraction of sp³-hybridized carbons (Fsp3) is 0.385. The topological polar surface area (TPSA) is 27.7 Å². The predicted octanol–water partition coefficient (Wildman–Crippen LogP) is 2.45. The number of terminal acetylenes is 1. The first-order valence-corrected chi connectivity index (χ1v) is 4.94. The molecular weight excluding hydrogens is 204 g/mol. The van der Waals surface area contributed by atoms with Gasteiger partial charge in [0.05, 0.1) is 21.3 Å². The van der Waals surface area contributed by atoms with Crippen LogP contribution in [0.15, 0.2) is 12.1 Å². The first-order chi connectivity index (χ1) is 7.67. The van der Waals surface area contributed by atoms with Gasteiger partial charge < -0.3 is 14.2 Å². The Hall–Kier alpha value is -1.82. The monoisotopic (exact) mass is 220 g/mol. The van der Waals surface area contributed by atoms with Crippen LogP contribution in [-0.2, 0) is 0 Å². The molecule has 0 aliphatic heterocycles. The summed E-state index contributed by atoms with van der Waals surface area (Å²) in [6, 6.07) is 3.73. The van der Waals surface area contributed by atoms with Gasteiger partial charge in [-0.1, -0.05) is 5.92 Å². The van der Waals surface area contributed by atoms with Gasteiger partial charge in [-0.3, -0.25) is 0 Å². The van der Waals surface area contributed by atoms with Gasteiger partial charge in [0.15, 0.2) is 11.5 Å². The highest BCUT2D eigenvalue weighted by atomic mass is 16.5. The SMILES string of the molecule is C#CC(C)c1cc(OC)c(OC)c(OC)c1. The molecule has 0 saturated heterocycles. The van der Waals surface area contributed by atoms with Gasteiger partial charge in [-0.2, -0.15) is 0 Å². The van der Waals surface area contributed by atoms with Gasteiger partial charge in [0.1, 0.15) is 0 Å². The van der Waals surface area contributed by atoms with Gasteiger partial charge in [-0.25, -0.2) is 0 Å². The van der Waals surface area contributed by atoms with Crippen molar-refractivity contribution in [3.05, 3.63) is 17.7 Å². The molecule has 0 spiro atoms. The summed E-state index contributed by atoms with van der Waals surface area (Å²) in [7, 11) is 4.74. The summed E-state index contributed by atoms with van der Waals surface area (Å²) < 4.78 is 15.7. The van der Waals surface area contributed by atoms with Crippen molar-refractivity contribution in [2.75, 3.05) is 21.3 Å². The van der Waals surface area contributed by atoms with Crippen molar-refractivity contribution in [2.24, 2.45) is 0 Å². The highest BCUT2D eigenvalue weighted by Crippen LogP contribution is 2.39. The normalized spacial score (nSPS) is 11.4. The fourth-order valence-corrected chi connectivity index (χ4v) is 1.45. The summed E-state index contributed by atoms with van der Waals surface area (Å²) >= 11 is 0. The van der Waals surface area contributed by atoms with Crippen molar-refractivity contribution >= 4 is 0 Å². The molecule has 16 heavy (non-hydrogen) atoms. The molecule has 1 unspecified atom stereocenters. The lowest BCUT2D eigenvalue weighted by Crippen LogP contribution is -1.98. The van der Waals surface area contributed by atoms with E-state index in [2.05, 4.69) is 5.92 Å². The van der Waals surface area contributed by atoms with E-state index in [0.29, 0.717) is 17.2 Å². The first kappa shape index (κ1) is 12.3. The zero-order valence-corrected chi connectivity index (χ0v) is 10.0. The van der Waals surface area contributed by atoms with Crippen LogP contribution in [0.4, 0.5) is 0 Å². The molecule has 0 heterocycles. The van der Waals surface area contributed by atoms with E-state index >= 15 is 0 Å². The largest absolute Gasteiger partial charge is 0.493 e. The van der Waals surface area contributed by atoms with Crippen molar-refractivity contribution in [3.8, 4) is 29.6 Å². The van der Waals surface area contributed by atoms with Crippen LogP contribution in [0.5, 0.6) is 17.2 Å². The molecule has 86 valence electrons. The summed E-state index contributed by atoms with van der Waals surface area (Å²) in [4.78, 5) is 0. The minimum Gasteiger partial charge on any atom is -0.493 e. The Morgan fingerprint density at radius 1 is 1.06 bits per heavy atom. The molecule has 0 aliphatic rings. The van der Waals surface area contributed by atoms with Crippen molar-refractivity contribution in [3.63, 3.8) is 0 Å². The maximum atomic E-state index is 5.39. The minimum absolute atomic E-state index is 0.00806. The number of methoxy groups -OCH3 is 3. The molecule has 0 bridgehead atoms. The maximum Gasteiger partial charge on any atom is 0.203 e. The third-order valence-corrected chi connectivity index (χ3v) is 2.44. The second-order valence-corrected chi connectivity index (χ2v) is 3.35. The number of hydrogen-bond donors (Lipinski definition) is 0. The quantitative estimate of drug-likeness (QED) is 0.729. The molecule has 0 saturated carbocycles. The number of benzene rings is 1. The molecule has 0 fully saturated rings. The second-order valence-electron chi connectivity index (χ2n) is 3.35. The maximum absolute atomic E-state index is 5.39. The Bertz CT molecular complexity index is 379. The molecule has 0 N–H and O–H groups in total. The smallest absolute Gasteiger partial charge is 0.203 e. The van der Waals surface area contributed by atoms with Crippen LogP contribution in [0.25, 0.3) is 0 Å². The molecule has 0 aromatic heterocycles. The predicted molar refractivity (Wildman–Crippen MR) is 63.3 cm³/mol. The lowest BCUT2D eigenvalue weighted by Gasteiger charge is -2.15. The van der Waals surface area contributed by atoms with Gasteiger partial charge in [-0.15, -0.1) is 6.42 Å². The van der Waals surface area contributed by atoms with Gasteiger partial charge in [0, 0.05) is 5.92 Å². The van der Waals surface area contributed by atoms with Crippen molar-refractivity contribution in [1.29, 1.82) is 0 Å². The van der Waals surface area contributed by atoms with E-state index in [-0.39, 0.29) is 5.92 Å². The lowest BCUT2D eigenvalue weighted by atomic mass is 10.0. The molecule has 0 amide bonds. The Kier molecular flexibility index (Phi) is 4.07. The van der Waals surface area contributed by atoms with E-state index in [4.69, 9.17) is 20.6 Å². The van der Waals surface area contributed by atoms with Crippen LogP contribution in [0.3, 0.4) is 0 Å². The van der Waals surface area contributed by atoms with Crippen LogP contribution < -0.4 is 14.2 Å². The van der Waals surface area contributed by atoms with Crippen molar-refractivity contribution in [2.45, 2.75) is 12.8 Å². The molecule has 1 aromatic carbocycles. The minimum atomic E-state index is 0.00806. The lowest BCUT2D eigenvalue weighted by molar-refractivity contribution is 0.323. The summed E-state index contributed by atoms with van der Waals surface area (Å²) in [6.45, 7) is 1.95. The summed E-state index contributed by atoms with van der Waals surface area (Å²) in [5.41, 5.74) is 0.969. The molecule has 1 rings (SSSR count). The zero-order valence-electron chi connectivity index (χ0n) is 10.0. The van der Waals surface area contributed by atoms with Crippen molar-refractivity contribution in [1.82, 2.24) is 0 Å². The number of hydrogen-bond acceptors (Lipinski definition) is 3. The van der Waals surface area contributed by atoms with Crippen LogP contribution in [0, 0.1) is 12.3 Å². The third-order valence-electron chi connectivity index (χ3n) is 2.44. The van der Waals surface area contributed by atoms with Crippen LogP contribution >= 0.6 is 0 Å². The van der Waals surface area contributed by atoms with E-state index in [9.17, 15) is 0 Å². The van der Waals surface area contributed by atoms with Gasteiger partial charge in [0.25, 0.3) is 0 Å². The molecular formula is C13H16O3. The van der Waals surface area contributed by atoms with Crippen molar-refractivity contribution < 1.29 is 14.2 Å². The van der Waals surface area contributed by atoms with E-state index in [1.54, 1.807) is 21.3 Å². The number of ether oxygens (including phenoxy) is 3. The summed E-state index contributed by atoms with van der Waals surface area (Å²) in [6.07, 6.45) is 5.39. The Morgan fingerprint density at radius 2 is 1.56 bits per heavy atom. The summed E-state index contributed by atoms with van der Waals surface area (Å²) in [5.74, 6) is 4.51. The molecule has 3 nitrogen and oxygen atoms in total. The Labute approximate surface area is 96.3 Å². The molecule has 0 aliphatic carbocycles. The number of rotatable bonds is 4. The van der Waals surface area contributed by atoms with Crippen LogP contribution in [0.2, 0.25) is 0 Å². The Balaban J connectivity index is 3.32. The first-order valence-electron chi connectivity index (χ1n) is 4.94. The average Bonchev–Trinajstić information content (AvgIpc) is 2.35. The van der Waals surface area contributed by atoms with E-state index in [0.717, 1.165) is 5.56 Å². The van der Waals surface area contributed by atoms with E-state index in [1.807, 2.05) is 19.1 Å². The highest BCUT2D eigenvalue weighted by Gasteiger charge is 2.15. The van der Waals surface area contributed by atoms with E-state index < -0.39 is 0 Å². The highest BCUT2D eigenvalue weighted by molar-refractivity contribution is 5.55. The fourth-order valence-electron chi connectivity index (χ4n) is 1.45. The zero-order chi connectivity index (χ0) is 12.1. The van der Waals surface area contributed by atoms with Crippen LogP contribution in [0.1, 0.15) is 18.4 Å². The van der Waals surface area contributed by atoms with Crippen LogP contribution in [-0.4, -0.2) is 21.3 Å². The molecule has 1 aromatic rings. The average molecular weight is 220 g/mol. The van der Waals surface area contributed by atoms with Gasteiger partial charge >= 0.3 is 0 Å². The van der Waals surface area contributed by atoms with Gasteiger partial charge in [0.2, 0.25) is 5.75 Å². The second kappa shape index (κ2) is 5.32. The molecule has 1 atom stereocenters. The van der Waals surface area contributed by atoms with E-state index in [1.165, 1.54) is 0 Å². The summed E-state index contributed by atoms with van der Waals surface area (Å²) in [5, 5.41) is 0.